The number of benzene rings is 3. The lowest BCUT2D eigenvalue weighted by atomic mass is 9.98. The third kappa shape index (κ3) is 5.75. The van der Waals surface area contributed by atoms with Gasteiger partial charge in [0.2, 0.25) is 0 Å². The van der Waals surface area contributed by atoms with E-state index in [0.29, 0.717) is 49.5 Å². The van der Waals surface area contributed by atoms with Gasteiger partial charge in [0.15, 0.2) is 17.0 Å². The average molecular weight is 589 g/mol. The third-order valence-corrected chi connectivity index (χ3v) is 7.99. The van der Waals surface area contributed by atoms with Crippen LogP contribution in [0.2, 0.25) is 0 Å². The quantitative estimate of drug-likeness (QED) is 0.209. The number of tetrazole rings is 1. The zero-order valence-electron chi connectivity index (χ0n) is 25.1. The van der Waals surface area contributed by atoms with Crippen molar-refractivity contribution in [3.8, 4) is 22.5 Å². The maximum absolute atomic E-state index is 13.9. The van der Waals surface area contributed by atoms with Crippen LogP contribution in [0.15, 0.2) is 88.5 Å². The van der Waals surface area contributed by atoms with Gasteiger partial charge in [0.1, 0.15) is 5.82 Å². The minimum atomic E-state index is -0.294. The summed E-state index contributed by atoms with van der Waals surface area (Å²) >= 11 is 0. The lowest BCUT2D eigenvalue weighted by molar-refractivity contribution is 0.558. The molecule has 224 valence electrons. The van der Waals surface area contributed by atoms with Crippen LogP contribution in [0.3, 0.4) is 0 Å². The van der Waals surface area contributed by atoms with Crippen LogP contribution in [0.1, 0.15) is 50.1 Å². The molecule has 0 aliphatic heterocycles. The lowest BCUT2D eigenvalue weighted by Gasteiger charge is -2.13. The van der Waals surface area contributed by atoms with E-state index in [1.54, 1.807) is 4.57 Å². The van der Waals surface area contributed by atoms with E-state index in [-0.39, 0.29) is 11.2 Å². The predicted molar refractivity (Wildman–Crippen MR) is 171 cm³/mol. The smallest absolute Gasteiger partial charge is 0.318 e. The number of nitrogens with one attached hydrogen (secondary N) is 1. The van der Waals surface area contributed by atoms with Crippen molar-refractivity contribution in [2.75, 3.05) is 0 Å². The summed E-state index contributed by atoms with van der Waals surface area (Å²) < 4.78 is 5.11. The fourth-order valence-electron chi connectivity index (χ4n) is 5.73. The fraction of sp³-hybridized carbons (Fsp3) is 0.294. The molecular formula is C34H36N8O2. The second-order valence-electron chi connectivity index (χ2n) is 11.0. The Morgan fingerprint density at radius 3 is 2.18 bits per heavy atom. The molecule has 0 amide bonds. The van der Waals surface area contributed by atoms with Gasteiger partial charge in [0.25, 0.3) is 5.56 Å². The Morgan fingerprint density at radius 1 is 0.727 bits per heavy atom. The molecule has 0 saturated heterocycles. The van der Waals surface area contributed by atoms with Gasteiger partial charge in [-0.15, -0.1) is 5.10 Å². The molecule has 0 radical (unpaired) electrons. The van der Waals surface area contributed by atoms with Crippen LogP contribution in [-0.4, -0.2) is 39.3 Å². The zero-order valence-corrected chi connectivity index (χ0v) is 25.1. The average Bonchev–Trinajstić information content (AvgIpc) is 3.72. The number of imidazole rings is 1. The van der Waals surface area contributed by atoms with Gasteiger partial charge in [0.05, 0.1) is 0 Å². The highest BCUT2D eigenvalue weighted by molar-refractivity contribution is 5.80. The van der Waals surface area contributed by atoms with Gasteiger partial charge in [-0.1, -0.05) is 99.1 Å². The van der Waals surface area contributed by atoms with Crippen molar-refractivity contribution in [3.63, 3.8) is 0 Å². The molecule has 0 aliphatic rings. The highest BCUT2D eigenvalue weighted by atomic mass is 16.2. The second-order valence-corrected chi connectivity index (χ2v) is 11.0. The van der Waals surface area contributed by atoms with Crippen LogP contribution in [0, 0.1) is 0 Å². The SMILES string of the molecule is CCCCc1nc2c(c(=O)n(CCC)c(=O)n2CCc2ccccc2)n1Cc1ccc(-c2ccccc2-c2nnn[nH]2)cc1. The normalized spacial score (nSPS) is 11.4. The molecule has 6 rings (SSSR count). The molecule has 0 spiro atoms. The molecular weight excluding hydrogens is 552 g/mol. The molecule has 0 fully saturated rings. The van der Waals surface area contributed by atoms with E-state index in [2.05, 4.69) is 63.9 Å². The van der Waals surface area contributed by atoms with Gasteiger partial charge < -0.3 is 4.57 Å². The molecule has 3 heterocycles. The molecule has 0 saturated carbocycles. The molecule has 0 bridgehead atoms. The van der Waals surface area contributed by atoms with Crippen LogP contribution >= 0.6 is 0 Å². The van der Waals surface area contributed by atoms with Crippen LogP contribution in [0.25, 0.3) is 33.7 Å². The first-order chi connectivity index (χ1) is 21.6. The number of aromatic nitrogens is 8. The topological polar surface area (TPSA) is 116 Å². The largest absolute Gasteiger partial charge is 0.332 e. The first-order valence-electron chi connectivity index (χ1n) is 15.3. The maximum Gasteiger partial charge on any atom is 0.332 e. The number of aromatic amines is 1. The Bertz CT molecular complexity index is 1970. The van der Waals surface area contributed by atoms with E-state index in [0.717, 1.165) is 52.9 Å². The summed E-state index contributed by atoms with van der Waals surface area (Å²) in [6.07, 6.45) is 4.02. The number of nitrogens with zero attached hydrogens (tertiary/aromatic N) is 7. The van der Waals surface area contributed by atoms with Gasteiger partial charge in [-0.05, 0) is 51.9 Å². The monoisotopic (exact) mass is 588 g/mol. The Kier molecular flexibility index (Phi) is 8.58. The molecule has 1 N–H and O–H groups in total. The molecule has 3 aromatic carbocycles. The summed E-state index contributed by atoms with van der Waals surface area (Å²) in [7, 11) is 0. The van der Waals surface area contributed by atoms with E-state index in [4.69, 9.17) is 4.98 Å². The van der Waals surface area contributed by atoms with E-state index in [1.807, 2.05) is 54.0 Å². The van der Waals surface area contributed by atoms with Crippen LogP contribution in [0.4, 0.5) is 0 Å². The van der Waals surface area contributed by atoms with Crippen LogP contribution in [-0.2, 0) is 32.5 Å². The van der Waals surface area contributed by atoms with Gasteiger partial charge in [-0.25, -0.2) is 14.9 Å². The molecule has 44 heavy (non-hydrogen) atoms. The van der Waals surface area contributed by atoms with Crippen molar-refractivity contribution < 1.29 is 0 Å². The fourth-order valence-corrected chi connectivity index (χ4v) is 5.73. The molecule has 3 aromatic heterocycles. The number of hydrogen-bond donors (Lipinski definition) is 1. The first kappa shape index (κ1) is 29.0. The minimum Gasteiger partial charge on any atom is -0.318 e. The number of H-pyrrole nitrogens is 1. The molecule has 0 unspecified atom stereocenters. The predicted octanol–water partition coefficient (Wildman–Crippen LogP) is 5.25. The van der Waals surface area contributed by atoms with E-state index in [9.17, 15) is 9.59 Å². The number of aryl methyl sites for hydroxylation is 3. The zero-order chi connectivity index (χ0) is 30.5. The summed E-state index contributed by atoms with van der Waals surface area (Å²) in [5.74, 6) is 1.44. The Labute approximate surface area is 255 Å². The third-order valence-electron chi connectivity index (χ3n) is 7.99. The van der Waals surface area contributed by atoms with Crippen molar-refractivity contribution in [2.45, 2.75) is 65.6 Å². The molecule has 10 nitrogen and oxygen atoms in total. The molecule has 0 aliphatic carbocycles. The van der Waals surface area contributed by atoms with E-state index < -0.39 is 0 Å². The highest BCUT2D eigenvalue weighted by Crippen LogP contribution is 2.30. The second kappa shape index (κ2) is 13.0. The van der Waals surface area contributed by atoms with Crippen molar-refractivity contribution in [3.05, 3.63) is 117 Å². The minimum absolute atomic E-state index is 0.274. The summed E-state index contributed by atoms with van der Waals surface area (Å²) in [6, 6.07) is 26.4. The van der Waals surface area contributed by atoms with Crippen LogP contribution in [0.5, 0.6) is 0 Å². The van der Waals surface area contributed by atoms with Crippen molar-refractivity contribution >= 4 is 11.2 Å². The Balaban J connectivity index is 1.42. The molecule has 0 atom stereocenters. The summed E-state index contributed by atoms with van der Waals surface area (Å²) in [4.78, 5) is 32.6. The number of unbranched alkanes of at least 4 members (excludes halogenated alkanes) is 1. The Hall–Kier alpha value is -5.12. The van der Waals surface area contributed by atoms with E-state index >= 15 is 0 Å². The number of fused-ring (bicyclic) bond motifs is 1. The van der Waals surface area contributed by atoms with Crippen LogP contribution < -0.4 is 11.2 Å². The van der Waals surface area contributed by atoms with Crippen molar-refractivity contribution in [1.82, 2.24) is 39.3 Å². The van der Waals surface area contributed by atoms with Gasteiger partial charge in [-0.3, -0.25) is 13.9 Å². The molecule has 6 aromatic rings. The summed E-state index contributed by atoms with van der Waals surface area (Å²) in [5, 5.41) is 14.4. The highest BCUT2D eigenvalue weighted by Gasteiger charge is 2.22. The van der Waals surface area contributed by atoms with Gasteiger partial charge in [0, 0.05) is 31.6 Å². The standard InChI is InChI=1S/C34H36N8O2/c1-3-5-15-29-35-32-30(33(43)41(21-4-2)34(44)40(32)22-20-24-11-7-6-8-12-24)42(29)23-25-16-18-26(19-17-25)27-13-9-10-14-28(27)31-36-38-39-37-31/h6-14,16-19H,3-5,15,20-23H2,1-2H3,(H,36,37,38,39). The summed E-state index contributed by atoms with van der Waals surface area (Å²) in [6.45, 7) is 5.41. The number of hydrogen-bond acceptors (Lipinski definition) is 6. The van der Waals surface area contributed by atoms with Crippen molar-refractivity contribution in [2.24, 2.45) is 0 Å². The number of rotatable bonds is 12. The molecule has 10 heteroatoms. The Morgan fingerprint density at radius 2 is 1.48 bits per heavy atom. The lowest BCUT2D eigenvalue weighted by Crippen LogP contribution is -2.41. The van der Waals surface area contributed by atoms with Crippen molar-refractivity contribution in [1.29, 1.82) is 0 Å². The van der Waals surface area contributed by atoms with Gasteiger partial charge in [-0.2, -0.15) is 0 Å². The maximum atomic E-state index is 13.9. The van der Waals surface area contributed by atoms with Gasteiger partial charge >= 0.3 is 5.69 Å². The first-order valence-corrected chi connectivity index (χ1v) is 15.3. The summed E-state index contributed by atoms with van der Waals surface area (Å²) in [5.41, 5.74) is 5.52. The van der Waals surface area contributed by atoms with E-state index in [1.165, 1.54) is 4.57 Å².